The molecule has 0 saturated carbocycles. The highest BCUT2D eigenvalue weighted by Gasteiger charge is 2.21. The summed E-state index contributed by atoms with van der Waals surface area (Å²) in [6, 6.07) is 15.6. The molecular formula is C29H31N3O7. The van der Waals surface area contributed by atoms with Gasteiger partial charge in [0.1, 0.15) is 11.5 Å². The van der Waals surface area contributed by atoms with E-state index in [-0.39, 0.29) is 5.91 Å². The summed E-state index contributed by atoms with van der Waals surface area (Å²) in [5.74, 6) is 2.76. The average Bonchev–Trinajstić information content (AvgIpc) is 3.46. The lowest BCUT2D eigenvalue weighted by molar-refractivity contribution is -0.117. The number of rotatable bonds is 11. The van der Waals surface area contributed by atoms with Gasteiger partial charge in [0, 0.05) is 11.1 Å². The molecule has 1 aromatic heterocycles. The van der Waals surface area contributed by atoms with Crippen molar-refractivity contribution in [1.29, 1.82) is 0 Å². The van der Waals surface area contributed by atoms with E-state index in [1.807, 2.05) is 30.3 Å². The molecule has 0 fully saturated rings. The van der Waals surface area contributed by atoms with Crippen LogP contribution in [-0.2, 0) is 11.2 Å². The zero-order valence-electron chi connectivity index (χ0n) is 22.4. The maximum Gasteiger partial charge on any atom is 0.241 e. The van der Waals surface area contributed by atoms with Crippen molar-refractivity contribution in [3.63, 3.8) is 0 Å². The smallest absolute Gasteiger partial charge is 0.241 e. The number of amides is 1. The fourth-order valence-corrected chi connectivity index (χ4v) is 4.17. The number of carbonyl (C=O) groups excluding carboxylic acids is 1. The van der Waals surface area contributed by atoms with Gasteiger partial charge in [0.15, 0.2) is 17.3 Å². The predicted octanol–water partition coefficient (Wildman–Crippen LogP) is 4.56. The molecule has 4 aromatic rings. The van der Waals surface area contributed by atoms with Crippen LogP contribution >= 0.6 is 0 Å². The molecule has 0 radical (unpaired) electrons. The number of nitrogens with one attached hydrogen (secondary N) is 1. The minimum absolute atomic E-state index is 0.351. The Morgan fingerprint density at radius 1 is 0.846 bits per heavy atom. The zero-order chi connectivity index (χ0) is 27.9. The summed E-state index contributed by atoms with van der Waals surface area (Å²) in [7, 11) is 7.75. The summed E-state index contributed by atoms with van der Waals surface area (Å²) in [5, 5.41) is 6.91. The van der Waals surface area contributed by atoms with Crippen LogP contribution in [0.4, 0.5) is 5.69 Å². The maximum absolute atomic E-state index is 13.0. The van der Waals surface area contributed by atoms with Crippen LogP contribution in [0.2, 0.25) is 0 Å². The first-order valence-electron chi connectivity index (χ1n) is 12.0. The Balaban J connectivity index is 1.62. The molecule has 1 heterocycles. The largest absolute Gasteiger partial charge is 0.497 e. The molecule has 1 unspecified atom stereocenters. The predicted molar refractivity (Wildman–Crippen MR) is 147 cm³/mol. The number of nitrogens with zero attached hydrogens (tertiary/aromatic N) is 1. The van der Waals surface area contributed by atoms with Crippen molar-refractivity contribution in [3.8, 4) is 51.2 Å². The van der Waals surface area contributed by atoms with Crippen molar-refractivity contribution in [2.75, 3.05) is 40.9 Å². The van der Waals surface area contributed by atoms with E-state index in [9.17, 15) is 4.79 Å². The number of aromatic nitrogens is 1. The molecule has 39 heavy (non-hydrogen) atoms. The fourth-order valence-electron chi connectivity index (χ4n) is 4.17. The van der Waals surface area contributed by atoms with E-state index in [1.165, 1.54) is 14.2 Å². The normalized spacial score (nSPS) is 11.4. The monoisotopic (exact) mass is 533 g/mol. The SMILES string of the molecule is COc1ccc(CC(N)C(=O)Nc2cc(-c3cnoc3-c3cc(OC)c(OC)c(OC)c3)ccc2OC)cc1. The van der Waals surface area contributed by atoms with Crippen molar-refractivity contribution < 1.29 is 33.0 Å². The summed E-state index contributed by atoms with van der Waals surface area (Å²) in [5.41, 5.74) is 9.69. The minimum atomic E-state index is -0.780. The number of hydrogen-bond acceptors (Lipinski definition) is 9. The molecule has 0 saturated heterocycles. The lowest BCUT2D eigenvalue weighted by atomic mass is 10.0. The molecule has 1 atom stereocenters. The van der Waals surface area contributed by atoms with Gasteiger partial charge < -0.3 is 39.3 Å². The maximum atomic E-state index is 13.0. The van der Waals surface area contributed by atoms with Gasteiger partial charge in [-0.25, -0.2) is 0 Å². The van der Waals surface area contributed by atoms with Crippen molar-refractivity contribution >= 4 is 11.6 Å². The van der Waals surface area contributed by atoms with E-state index >= 15 is 0 Å². The van der Waals surface area contributed by atoms with E-state index in [1.54, 1.807) is 51.8 Å². The van der Waals surface area contributed by atoms with Crippen molar-refractivity contribution in [2.45, 2.75) is 12.5 Å². The minimum Gasteiger partial charge on any atom is -0.497 e. The van der Waals surface area contributed by atoms with Crippen LogP contribution in [0, 0.1) is 0 Å². The molecule has 0 aliphatic carbocycles. The highest BCUT2D eigenvalue weighted by atomic mass is 16.5. The molecule has 0 aliphatic heterocycles. The highest BCUT2D eigenvalue weighted by Crippen LogP contribution is 2.44. The third-order valence-electron chi connectivity index (χ3n) is 6.22. The Morgan fingerprint density at radius 2 is 1.51 bits per heavy atom. The molecule has 10 nitrogen and oxygen atoms in total. The van der Waals surface area contributed by atoms with Crippen LogP contribution in [0.25, 0.3) is 22.5 Å². The standard InChI is InChI=1S/C29H31N3O7/c1-34-20-9-6-17(7-10-20)12-22(30)29(33)32-23-13-18(8-11-24(23)35-2)21-16-31-39-27(21)19-14-25(36-3)28(38-5)26(15-19)37-4/h6-11,13-16,22H,12,30H2,1-5H3,(H,32,33). The Hall–Kier alpha value is -4.70. The van der Waals surface area contributed by atoms with Gasteiger partial charge in [-0.1, -0.05) is 23.4 Å². The van der Waals surface area contributed by atoms with Gasteiger partial charge in [-0.15, -0.1) is 0 Å². The topological polar surface area (TPSA) is 127 Å². The van der Waals surface area contributed by atoms with Crippen LogP contribution < -0.4 is 34.7 Å². The molecule has 0 bridgehead atoms. The summed E-state index contributed by atoms with van der Waals surface area (Å²) in [6.45, 7) is 0. The second-order valence-corrected chi connectivity index (χ2v) is 8.55. The lowest BCUT2D eigenvalue weighted by Crippen LogP contribution is -2.37. The summed E-state index contributed by atoms with van der Waals surface area (Å²) in [4.78, 5) is 13.0. The van der Waals surface area contributed by atoms with Gasteiger partial charge in [0.05, 0.1) is 53.5 Å². The van der Waals surface area contributed by atoms with Crippen molar-refractivity contribution in [1.82, 2.24) is 5.16 Å². The van der Waals surface area contributed by atoms with Gasteiger partial charge in [-0.3, -0.25) is 4.79 Å². The van der Waals surface area contributed by atoms with E-state index in [0.29, 0.717) is 52.0 Å². The van der Waals surface area contributed by atoms with Crippen molar-refractivity contribution in [3.05, 3.63) is 66.4 Å². The molecule has 3 aromatic carbocycles. The summed E-state index contributed by atoms with van der Waals surface area (Å²) < 4.78 is 32.7. The Bertz CT molecular complexity index is 1410. The highest BCUT2D eigenvalue weighted by molar-refractivity contribution is 5.97. The van der Waals surface area contributed by atoms with Crippen LogP contribution in [0.3, 0.4) is 0 Å². The fraction of sp³-hybridized carbons (Fsp3) is 0.241. The third kappa shape index (κ3) is 5.91. The number of nitrogens with two attached hydrogens (primary N) is 1. The molecule has 1 amide bonds. The number of anilines is 1. The molecular weight excluding hydrogens is 502 g/mol. The van der Waals surface area contributed by atoms with E-state index in [0.717, 1.165) is 16.9 Å². The first-order chi connectivity index (χ1) is 18.9. The van der Waals surface area contributed by atoms with Gasteiger partial charge in [-0.05, 0) is 53.9 Å². The molecule has 10 heteroatoms. The van der Waals surface area contributed by atoms with E-state index in [4.69, 9.17) is 33.9 Å². The number of hydrogen-bond donors (Lipinski definition) is 2. The summed E-state index contributed by atoms with van der Waals surface area (Å²) in [6.07, 6.45) is 1.95. The average molecular weight is 534 g/mol. The molecule has 0 spiro atoms. The number of benzene rings is 3. The second-order valence-electron chi connectivity index (χ2n) is 8.55. The first-order valence-corrected chi connectivity index (χ1v) is 12.0. The Kier molecular flexibility index (Phi) is 8.57. The van der Waals surface area contributed by atoms with Gasteiger partial charge in [-0.2, -0.15) is 0 Å². The number of methoxy groups -OCH3 is 5. The van der Waals surface area contributed by atoms with Crippen molar-refractivity contribution in [2.24, 2.45) is 5.73 Å². The molecule has 204 valence electrons. The Labute approximate surface area is 226 Å². The van der Waals surface area contributed by atoms with Gasteiger partial charge in [0.25, 0.3) is 0 Å². The third-order valence-corrected chi connectivity index (χ3v) is 6.22. The number of carbonyl (C=O) groups is 1. The summed E-state index contributed by atoms with van der Waals surface area (Å²) >= 11 is 0. The quantitative estimate of drug-likeness (QED) is 0.285. The van der Waals surface area contributed by atoms with E-state index in [2.05, 4.69) is 10.5 Å². The van der Waals surface area contributed by atoms with Gasteiger partial charge in [0.2, 0.25) is 11.7 Å². The number of ether oxygens (including phenoxy) is 5. The second kappa shape index (κ2) is 12.2. The zero-order valence-corrected chi connectivity index (χ0v) is 22.4. The van der Waals surface area contributed by atoms with Crippen LogP contribution in [0.5, 0.6) is 28.7 Å². The Morgan fingerprint density at radius 3 is 2.10 bits per heavy atom. The van der Waals surface area contributed by atoms with Crippen LogP contribution in [0.15, 0.2) is 65.3 Å². The van der Waals surface area contributed by atoms with Crippen LogP contribution in [-0.4, -0.2) is 52.7 Å². The van der Waals surface area contributed by atoms with E-state index < -0.39 is 6.04 Å². The lowest BCUT2D eigenvalue weighted by Gasteiger charge is -2.16. The first kappa shape index (κ1) is 27.3. The van der Waals surface area contributed by atoms with Crippen LogP contribution in [0.1, 0.15) is 5.56 Å². The molecule has 3 N–H and O–H groups in total. The molecule has 0 aliphatic rings. The molecule has 4 rings (SSSR count). The van der Waals surface area contributed by atoms with Gasteiger partial charge >= 0.3 is 0 Å².